The number of para-hydroxylation sites is 1. The van der Waals surface area contributed by atoms with Crippen LogP contribution in [0.1, 0.15) is 152 Å². The lowest BCUT2D eigenvalue weighted by atomic mass is 9.85. The van der Waals surface area contributed by atoms with Gasteiger partial charge in [-0.1, -0.05) is 142 Å². The molecule has 4 heteroatoms. The number of unbranched alkanes of at least 4 members (excludes halogenated alkanes) is 13. The molecule has 3 rings (SSSR count). The SMILES string of the molecule is CCCCCCCCCCCCCCCCOc1ccc(CN(C(=O)c2ccc[n+](CCC)c2)c2ccccc2)cc1C(C)(C)C. The lowest BCUT2D eigenvalue weighted by Gasteiger charge is -2.26. The third-order valence-corrected chi connectivity index (χ3v) is 8.85. The van der Waals surface area contributed by atoms with Crippen molar-refractivity contribution in [3.05, 3.63) is 89.7 Å². The number of hydrogen-bond donors (Lipinski definition) is 0. The number of aromatic nitrogens is 1. The van der Waals surface area contributed by atoms with Crippen LogP contribution >= 0.6 is 0 Å². The van der Waals surface area contributed by atoms with Crippen LogP contribution in [-0.2, 0) is 18.5 Å². The predicted octanol–water partition coefficient (Wildman–Crippen LogP) is 11.4. The summed E-state index contributed by atoms with van der Waals surface area (Å²) < 4.78 is 8.48. The fraction of sp³-hybridized carbons (Fsp3) is 0.571. The standard InChI is InChI=1S/C42H63N2O2/c1-6-8-9-10-11-12-13-14-15-16-17-18-19-23-32-46-40-29-28-36(33-39(40)42(3,4)5)34-44(38-26-21-20-22-27-38)41(45)37-25-24-31-43(35-37)30-7-2/h20-22,24-29,31,33,35H,6-19,23,30,32,34H2,1-5H3/q+1. The summed E-state index contributed by atoms with van der Waals surface area (Å²) in [5.41, 5.74) is 3.81. The summed E-state index contributed by atoms with van der Waals surface area (Å²) in [4.78, 5) is 15.8. The van der Waals surface area contributed by atoms with Gasteiger partial charge in [0.2, 0.25) is 0 Å². The maximum Gasteiger partial charge on any atom is 0.264 e. The molecule has 1 heterocycles. The Balaban J connectivity index is 1.52. The van der Waals surface area contributed by atoms with Crippen molar-refractivity contribution in [1.82, 2.24) is 0 Å². The molecule has 0 unspecified atom stereocenters. The van der Waals surface area contributed by atoms with Crippen molar-refractivity contribution in [2.45, 2.75) is 149 Å². The third kappa shape index (κ3) is 13.3. The molecule has 0 fully saturated rings. The summed E-state index contributed by atoms with van der Waals surface area (Å²) in [6, 6.07) is 20.4. The molecule has 252 valence electrons. The minimum atomic E-state index is -0.0758. The van der Waals surface area contributed by atoms with Crippen LogP contribution < -0.4 is 14.2 Å². The van der Waals surface area contributed by atoms with Crippen molar-refractivity contribution < 1.29 is 14.1 Å². The van der Waals surface area contributed by atoms with Crippen molar-refractivity contribution in [3.63, 3.8) is 0 Å². The van der Waals surface area contributed by atoms with Gasteiger partial charge in [-0.25, -0.2) is 4.57 Å². The Morgan fingerprint density at radius 3 is 1.91 bits per heavy atom. The second-order valence-corrected chi connectivity index (χ2v) is 14.1. The van der Waals surface area contributed by atoms with Crippen LogP contribution in [-0.4, -0.2) is 12.5 Å². The van der Waals surface area contributed by atoms with Crippen LogP contribution in [0.3, 0.4) is 0 Å². The van der Waals surface area contributed by atoms with Crippen LogP contribution in [0.5, 0.6) is 5.75 Å². The van der Waals surface area contributed by atoms with Crippen LogP contribution in [0.15, 0.2) is 73.1 Å². The summed E-state index contributed by atoms with van der Waals surface area (Å²) >= 11 is 0. The number of carbonyl (C=O) groups is 1. The summed E-state index contributed by atoms with van der Waals surface area (Å²) in [6.45, 7) is 13.3. The molecule has 0 bridgehead atoms. The number of nitrogens with zero attached hydrogens (tertiary/aromatic N) is 2. The van der Waals surface area contributed by atoms with Gasteiger partial charge in [-0.05, 0) is 53.3 Å². The molecule has 0 aliphatic carbocycles. The molecule has 1 aromatic heterocycles. The van der Waals surface area contributed by atoms with E-state index in [-0.39, 0.29) is 11.3 Å². The van der Waals surface area contributed by atoms with Gasteiger partial charge < -0.3 is 9.64 Å². The van der Waals surface area contributed by atoms with Crippen molar-refractivity contribution in [1.29, 1.82) is 0 Å². The number of hydrogen-bond acceptors (Lipinski definition) is 2. The smallest absolute Gasteiger partial charge is 0.264 e. The fourth-order valence-electron chi connectivity index (χ4n) is 6.14. The Morgan fingerprint density at radius 1 is 0.717 bits per heavy atom. The van der Waals surface area contributed by atoms with Gasteiger partial charge in [-0.15, -0.1) is 0 Å². The molecule has 0 radical (unpaired) electrons. The zero-order valence-corrected chi connectivity index (χ0v) is 29.9. The molecule has 4 nitrogen and oxygen atoms in total. The van der Waals surface area contributed by atoms with Gasteiger partial charge in [0.05, 0.1) is 13.2 Å². The van der Waals surface area contributed by atoms with Crippen LogP contribution in [0.2, 0.25) is 0 Å². The Kier molecular flexibility index (Phi) is 16.9. The Bertz CT molecular complexity index is 1260. The number of benzene rings is 2. The van der Waals surface area contributed by atoms with E-state index >= 15 is 0 Å². The van der Waals surface area contributed by atoms with Gasteiger partial charge >= 0.3 is 0 Å². The molecule has 2 aromatic carbocycles. The zero-order chi connectivity index (χ0) is 33.0. The molecule has 0 aliphatic heterocycles. The van der Waals surface area contributed by atoms with E-state index in [4.69, 9.17) is 4.74 Å². The summed E-state index contributed by atoms with van der Waals surface area (Å²) in [5.74, 6) is 0.972. The van der Waals surface area contributed by atoms with E-state index < -0.39 is 0 Å². The molecule has 3 aromatic rings. The second kappa shape index (κ2) is 20.9. The number of rotatable bonds is 22. The van der Waals surface area contributed by atoms with E-state index in [0.29, 0.717) is 12.1 Å². The first-order valence-electron chi connectivity index (χ1n) is 18.5. The number of carbonyl (C=O) groups excluding carboxylic acids is 1. The lowest BCUT2D eigenvalue weighted by molar-refractivity contribution is -0.697. The molecular formula is C42H63N2O2+. The molecule has 0 atom stereocenters. The minimum absolute atomic E-state index is 0.00657. The van der Waals surface area contributed by atoms with Crippen molar-refractivity contribution in [3.8, 4) is 5.75 Å². The zero-order valence-electron chi connectivity index (χ0n) is 29.9. The minimum Gasteiger partial charge on any atom is -0.493 e. The average Bonchev–Trinajstić information content (AvgIpc) is 3.05. The highest BCUT2D eigenvalue weighted by Crippen LogP contribution is 2.33. The maximum absolute atomic E-state index is 13.9. The Morgan fingerprint density at radius 2 is 1.33 bits per heavy atom. The van der Waals surface area contributed by atoms with E-state index in [9.17, 15) is 4.79 Å². The van der Waals surface area contributed by atoms with Crippen molar-refractivity contribution in [2.75, 3.05) is 11.5 Å². The molecular weight excluding hydrogens is 564 g/mol. The number of aryl methyl sites for hydroxylation is 1. The van der Waals surface area contributed by atoms with Gasteiger partial charge in [-0.2, -0.15) is 0 Å². The molecule has 1 amide bonds. The summed E-state index contributed by atoms with van der Waals surface area (Å²) in [5, 5.41) is 0. The van der Waals surface area contributed by atoms with E-state index in [1.54, 1.807) is 0 Å². The van der Waals surface area contributed by atoms with Crippen LogP contribution in [0, 0.1) is 0 Å². The highest BCUT2D eigenvalue weighted by atomic mass is 16.5. The van der Waals surface area contributed by atoms with Gasteiger partial charge in [0.25, 0.3) is 5.91 Å². The third-order valence-electron chi connectivity index (χ3n) is 8.85. The number of anilines is 1. The fourth-order valence-corrected chi connectivity index (χ4v) is 6.14. The molecule has 0 saturated heterocycles. The quantitative estimate of drug-likeness (QED) is 0.0820. The van der Waals surface area contributed by atoms with E-state index in [0.717, 1.165) is 43.0 Å². The van der Waals surface area contributed by atoms with E-state index in [1.807, 2.05) is 59.8 Å². The number of pyridine rings is 1. The molecule has 0 N–H and O–H groups in total. The van der Waals surface area contributed by atoms with Crippen LogP contribution in [0.4, 0.5) is 5.69 Å². The Labute approximate surface area is 281 Å². The lowest BCUT2D eigenvalue weighted by Crippen LogP contribution is -2.36. The maximum atomic E-state index is 13.9. The van der Waals surface area contributed by atoms with E-state index in [1.165, 1.54) is 89.0 Å². The molecule has 46 heavy (non-hydrogen) atoms. The normalized spacial score (nSPS) is 11.5. The summed E-state index contributed by atoms with van der Waals surface area (Å²) in [6.07, 6.45) is 24.0. The van der Waals surface area contributed by atoms with E-state index in [2.05, 4.69) is 57.4 Å². The van der Waals surface area contributed by atoms with Crippen LogP contribution in [0.25, 0.3) is 0 Å². The number of ether oxygens (including phenoxy) is 1. The monoisotopic (exact) mass is 627 g/mol. The molecule has 0 aliphatic rings. The van der Waals surface area contributed by atoms with Gasteiger partial charge in [0.15, 0.2) is 12.4 Å². The first-order chi connectivity index (χ1) is 22.3. The second-order valence-electron chi connectivity index (χ2n) is 14.1. The highest BCUT2D eigenvalue weighted by Gasteiger charge is 2.24. The molecule has 0 saturated carbocycles. The topological polar surface area (TPSA) is 33.4 Å². The Hall–Kier alpha value is -3.14. The van der Waals surface area contributed by atoms with Crippen molar-refractivity contribution in [2.24, 2.45) is 0 Å². The van der Waals surface area contributed by atoms with Crippen molar-refractivity contribution >= 4 is 11.6 Å². The van der Waals surface area contributed by atoms with Gasteiger partial charge in [0.1, 0.15) is 17.9 Å². The summed E-state index contributed by atoms with van der Waals surface area (Å²) in [7, 11) is 0. The largest absolute Gasteiger partial charge is 0.493 e. The van der Waals surface area contributed by atoms with Gasteiger partial charge in [-0.3, -0.25) is 4.79 Å². The number of amides is 1. The average molecular weight is 628 g/mol. The highest BCUT2D eigenvalue weighted by molar-refractivity contribution is 6.05. The molecule has 0 spiro atoms. The first-order valence-corrected chi connectivity index (χ1v) is 18.5. The first kappa shape index (κ1) is 37.3. The predicted molar refractivity (Wildman–Crippen MR) is 195 cm³/mol. The van der Waals surface area contributed by atoms with Gasteiger partial charge in [0, 0.05) is 18.2 Å².